The first-order valence-electron chi connectivity index (χ1n) is 11.6. The van der Waals surface area contributed by atoms with E-state index in [0.29, 0.717) is 13.1 Å². The zero-order valence-electron chi connectivity index (χ0n) is 19.2. The molecule has 0 bridgehead atoms. The van der Waals surface area contributed by atoms with Crippen molar-refractivity contribution in [3.8, 4) is 5.75 Å². The zero-order chi connectivity index (χ0) is 22.9. The van der Waals surface area contributed by atoms with E-state index in [9.17, 15) is 9.18 Å². The average Bonchev–Trinajstić information content (AvgIpc) is 3.21. The van der Waals surface area contributed by atoms with Gasteiger partial charge in [0.25, 0.3) is 0 Å². The molecular formula is C27H29FN2O3. The van der Waals surface area contributed by atoms with Crippen LogP contribution in [0.4, 0.5) is 10.1 Å². The van der Waals surface area contributed by atoms with Gasteiger partial charge in [-0.15, -0.1) is 0 Å². The molecule has 1 aliphatic carbocycles. The van der Waals surface area contributed by atoms with Crippen LogP contribution in [0.1, 0.15) is 36.7 Å². The van der Waals surface area contributed by atoms with Gasteiger partial charge in [0.2, 0.25) is 5.91 Å². The number of fused-ring (bicyclic) bond motifs is 3. The number of piperazine rings is 1. The summed E-state index contributed by atoms with van der Waals surface area (Å²) in [6, 6.07) is 10.6. The summed E-state index contributed by atoms with van der Waals surface area (Å²) in [5.41, 5.74) is 4.95. The maximum Gasteiger partial charge on any atom is 0.246 e. The molecular weight excluding hydrogens is 419 g/mol. The van der Waals surface area contributed by atoms with E-state index in [1.54, 1.807) is 25.3 Å². The highest BCUT2D eigenvalue weighted by Gasteiger charge is 2.23. The molecule has 3 aromatic rings. The number of amides is 1. The Hall–Kier alpha value is -3.28. The summed E-state index contributed by atoms with van der Waals surface area (Å²) < 4.78 is 24.9. The normalized spacial score (nSPS) is 16.8. The Morgan fingerprint density at radius 1 is 1.06 bits per heavy atom. The summed E-state index contributed by atoms with van der Waals surface area (Å²) in [5, 5.41) is 1.13. The summed E-state index contributed by atoms with van der Waals surface area (Å²) in [6.45, 7) is 4.67. The Morgan fingerprint density at radius 2 is 1.79 bits per heavy atom. The SMILES string of the molecule is COc1cc2oc3c(c2cc1/C(C)=C/C(=O)N1CCN(c2ccc(F)cc2)CC1)CCCC3. The number of halogens is 1. The first kappa shape index (κ1) is 21.6. The highest BCUT2D eigenvalue weighted by atomic mass is 19.1. The van der Waals surface area contributed by atoms with Gasteiger partial charge in [0.15, 0.2) is 0 Å². The second-order valence-corrected chi connectivity index (χ2v) is 8.88. The van der Waals surface area contributed by atoms with Gasteiger partial charge in [-0.1, -0.05) is 0 Å². The number of rotatable bonds is 4. The number of benzene rings is 2. The average molecular weight is 449 g/mol. The number of carbonyl (C=O) groups is 1. The molecule has 5 rings (SSSR count). The van der Waals surface area contributed by atoms with Gasteiger partial charge in [0.05, 0.1) is 7.11 Å². The minimum absolute atomic E-state index is 0.00243. The molecule has 1 aliphatic heterocycles. The second kappa shape index (κ2) is 8.93. The molecule has 0 radical (unpaired) electrons. The van der Waals surface area contributed by atoms with Crippen molar-refractivity contribution in [2.75, 3.05) is 38.2 Å². The third-order valence-corrected chi connectivity index (χ3v) is 6.83. The first-order valence-corrected chi connectivity index (χ1v) is 11.6. The number of nitrogens with zero attached hydrogens (tertiary/aromatic N) is 2. The monoisotopic (exact) mass is 448 g/mol. The Labute approximate surface area is 193 Å². The number of aryl methyl sites for hydroxylation is 2. The number of hydrogen-bond acceptors (Lipinski definition) is 4. The largest absolute Gasteiger partial charge is 0.496 e. The lowest BCUT2D eigenvalue weighted by molar-refractivity contribution is -0.126. The van der Waals surface area contributed by atoms with Gasteiger partial charge in [-0.2, -0.15) is 0 Å². The molecule has 172 valence electrons. The summed E-state index contributed by atoms with van der Waals surface area (Å²) in [4.78, 5) is 17.1. The quantitative estimate of drug-likeness (QED) is 0.514. The van der Waals surface area contributed by atoms with Crippen LogP contribution in [-0.2, 0) is 17.6 Å². The van der Waals surface area contributed by atoms with Gasteiger partial charge in [-0.25, -0.2) is 4.39 Å². The molecule has 1 fully saturated rings. The van der Waals surface area contributed by atoms with Crippen molar-refractivity contribution in [1.82, 2.24) is 4.90 Å². The van der Waals surface area contributed by atoms with E-state index in [1.807, 2.05) is 17.9 Å². The Balaban J connectivity index is 1.34. The van der Waals surface area contributed by atoms with Crippen LogP contribution in [0.5, 0.6) is 5.75 Å². The van der Waals surface area contributed by atoms with Crippen molar-refractivity contribution in [2.45, 2.75) is 32.6 Å². The van der Waals surface area contributed by atoms with Crippen LogP contribution in [0.3, 0.4) is 0 Å². The number of methoxy groups -OCH3 is 1. The van der Waals surface area contributed by atoms with Crippen molar-refractivity contribution >= 4 is 28.1 Å². The van der Waals surface area contributed by atoms with Crippen molar-refractivity contribution in [1.29, 1.82) is 0 Å². The molecule has 0 spiro atoms. The number of carbonyl (C=O) groups excluding carboxylic acids is 1. The number of ether oxygens (including phenoxy) is 1. The zero-order valence-corrected chi connectivity index (χ0v) is 19.2. The van der Waals surface area contributed by atoms with E-state index in [0.717, 1.165) is 65.2 Å². The van der Waals surface area contributed by atoms with Crippen LogP contribution in [-0.4, -0.2) is 44.1 Å². The van der Waals surface area contributed by atoms with Crippen molar-refractivity contribution in [3.05, 3.63) is 65.2 Å². The van der Waals surface area contributed by atoms with Gasteiger partial charge in [0.1, 0.15) is 22.9 Å². The lowest BCUT2D eigenvalue weighted by Gasteiger charge is -2.35. The number of furan rings is 1. The van der Waals surface area contributed by atoms with Crippen LogP contribution < -0.4 is 9.64 Å². The van der Waals surface area contributed by atoms with Gasteiger partial charge in [-0.3, -0.25) is 4.79 Å². The minimum atomic E-state index is -0.238. The fraction of sp³-hybridized carbons (Fsp3) is 0.370. The maximum atomic E-state index is 13.2. The topological polar surface area (TPSA) is 45.9 Å². The maximum absolute atomic E-state index is 13.2. The predicted molar refractivity (Wildman–Crippen MR) is 128 cm³/mol. The number of anilines is 1. The molecule has 1 saturated heterocycles. The number of hydrogen-bond donors (Lipinski definition) is 0. The van der Waals surface area contributed by atoms with Gasteiger partial charge in [-0.05, 0) is 62.1 Å². The molecule has 5 nitrogen and oxygen atoms in total. The van der Waals surface area contributed by atoms with E-state index < -0.39 is 0 Å². The van der Waals surface area contributed by atoms with Crippen LogP contribution in [0.15, 0.2) is 46.9 Å². The third kappa shape index (κ3) is 4.22. The van der Waals surface area contributed by atoms with Gasteiger partial charge >= 0.3 is 0 Å². The minimum Gasteiger partial charge on any atom is -0.496 e. The Bertz CT molecular complexity index is 1200. The fourth-order valence-corrected chi connectivity index (χ4v) is 4.96. The van der Waals surface area contributed by atoms with E-state index >= 15 is 0 Å². The molecule has 0 N–H and O–H groups in total. The van der Waals surface area contributed by atoms with Crippen LogP contribution >= 0.6 is 0 Å². The Morgan fingerprint density at radius 3 is 2.52 bits per heavy atom. The third-order valence-electron chi connectivity index (χ3n) is 6.83. The van der Waals surface area contributed by atoms with Gasteiger partial charge in [0, 0.05) is 66.9 Å². The second-order valence-electron chi connectivity index (χ2n) is 8.88. The smallest absolute Gasteiger partial charge is 0.246 e. The molecule has 1 aromatic heterocycles. The molecule has 2 heterocycles. The molecule has 2 aliphatic rings. The van der Waals surface area contributed by atoms with E-state index in [-0.39, 0.29) is 11.7 Å². The highest BCUT2D eigenvalue weighted by Crippen LogP contribution is 2.38. The highest BCUT2D eigenvalue weighted by molar-refractivity contribution is 5.97. The molecule has 6 heteroatoms. The van der Waals surface area contributed by atoms with Crippen LogP contribution in [0.2, 0.25) is 0 Å². The van der Waals surface area contributed by atoms with E-state index in [4.69, 9.17) is 9.15 Å². The molecule has 33 heavy (non-hydrogen) atoms. The molecule has 1 amide bonds. The molecule has 0 saturated carbocycles. The molecule has 2 aromatic carbocycles. The summed E-state index contributed by atoms with van der Waals surface area (Å²) >= 11 is 0. The molecule has 0 atom stereocenters. The lowest BCUT2D eigenvalue weighted by atomic mass is 9.94. The predicted octanol–water partition coefficient (Wildman–Crippen LogP) is 5.21. The summed E-state index contributed by atoms with van der Waals surface area (Å²) in [5.74, 6) is 1.57. The van der Waals surface area contributed by atoms with Crippen LogP contribution in [0, 0.1) is 5.82 Å². The Kier molecular flexibility index (Phi) is 5.83. The van der Waals surface area contributed by atoms with Crippen molar-refractivity contribution in [3.63, 3.8) is 0 Å². The standard InChI is InChI=1S/C27H29FN2O3/c1-18(15-27(31)30-13-11-29(12-14-30)20-9-7-19(28)8-10-20)22-16-23-21-5-3-4-6-24(21)33-26(23)17-25(22)32-2/h7-10,15-17H,3-6,11-14H2,1-2H3/b18-15+. The van der Waals surface area contributed by atoms with Crippen LogP contribution in [0.25, 0.3) is 16.5 Å². The fourth-order valence-electron chi connectivity index (χ4n) is 4.96. The first-order chi connectivity index (χ1) is 16.0. The number of allylic oxidation sites excluding steroid dienone is 1. The lowest BCUT2D eigenvalue weighted by Crippen LogP contribution is -2.48. The van der Waals surface area contributed by atoms with Gasteiger partial charge < -0.3 is 19.0 Å². The van der Waals surface area contributed by atoms with Crippen molar-refractivity contribution < 1.29 is 18.3 Å². The summed E-state index contributed by atoms with van der Waals surface area (Å²) in [7, 11) is 1.65. The van der Waals surface area contributed by atoms with Crippen molar-refractivity contribution in [2.24, 2.45) is 0 Å². The van der Waals surface area contributed by atoms with E-state index in [2.05, 4.69) is 11.0 Å². The molecule has 0 unspecified atom stereocenters. The summed E-state index contributed by atoms with van der Waals surface area (Å²) in [6.07, 6.45) is 6.08. The van der Waals surface area contributed by atoms with E-state index in [1.165, 1.54) is 30.5 Å².